The minimum Gasteiger partial charge on any atom is -0.397 e. The maximum atomic E-state index is 12.9. The molecule has 1 amide bonds. The molecule has 23 heavy (non-hydrogen) atoms. The zero-order valence-corrected chi connectivity index (χ0v) is 11.9. The number of rotatable bonds is 3. The number of carbonyl (C=O) groups excluding carboxylic acids is 1. The fraction of sp³-hybridized carbons (Fsp3) is 0. The quantitative estimate of drug-likeness (QED) is 0.572. The van der Waals surface area contributed by atoms with Gasteiger partial charge in [-0.1, -0.05) is 6.07 Å². The summed E-state index contributed by atoms with van der Waals surface area (Å²) in [7, 11) is 0. The average Bonchev–Trinajstić information content (AvgIpc) is 2.58. The normalized spacial score (nSPS) is 10.3. The first-order valence-electron chi connectivity index (χ1n) is 6.74. The van der Waals surface area contributed by atoms with Crippen LogP contribution in [0.15, 0.2) is 54.9 Å². The summed E-state index contributed by atoms with van der Waals surface area (Å²) >= 11 is 0. The number of hydrogen-bond acceptors (Lipinski definition) is 5. The zero-order valence-electron chi connectivity index (χ0n) is 11.9. The highest BCUT2D eigenvalue weighted by Gasteiger charge is 2.11. The smallest absolute Gasteiger partial charge is 0.276 e. The second-order valence-electron chi connectivity index (χ2n) is 4.73. The van der Waals surface area contributed by atoms with Gasteiger partial charge in [0.15, 0.2) is 5.69 Å². The molecule has 0 aliphatic rings. The van der Waals surface area contributed by atoms with Gasteiger partial charge in [-0.15, -0.1) is 5.10 Å². The minimum absolute atomic E-state index is 0.181. The molecule has 0 unspecified atom stereocenters. The van der Waals surface area contributed by atoms with E-state index in [1.165, 1.54) is 18.5 Å². The third-order valence-corrected chi connectivity index (χ3v) is 3.17. The van der Waals surface area contributed by atoms with Crippen molar-refractivity contribution < 1.29 is 9.18 Å². The van der Waals surface area contributed by atoms with Gasteiger partial charge in [0.1, 0.15) is 0 Å². The number of nitrogens with two attached hydrogens (primary N) is 1. The minimum atomic E-state index is -0.555. The molecular weight excluding hydrogens is 297 g/mol. The van der Waals surface area contributed by atoms with Gasteiger partial charge in [-0.2, -0.15) is 9.49 Å². The highest BCUT2D eigenvalue weighted by atomic mass is 19.1. The van der Waals surface area contributed by atoms with Gasteiger partial charge in [0.2, 0.25) is 5.95 Å². The topological polar surface area (TPSA) is 93.8 Å². The highest BCUT2D eigenvalue weighted by molar-refractivity contribution is 6.04. The van der Waals surface area contributed by atoms with Crippen LogP contribution in [0.25, 0.3) is 11.1 Å². The number of amides is 1. The first kappa shape index (κ1) is 14.6. The molecule has 0 radical (unpaired) electrons. The van der Waals surface area contributed by atoms with E-state index < -0.39 is 11.9 Å². The average molecular weight is 309 g/mol. The number of nitrogens with one attached hydrogen (secondary N) is 1. The van der Waals surface area contributed by atoms with E-state index in [0.717, 1.165) is 5.56 Å². The Labute approximate surface area is 131 Å². The summed E-state index contributed by atoms with van der Waals surface area (Å²) < 4.78 is 12.9. The number of halogens is 1. The van der Waals surface area contributed by atoms with Crippen LogP contribution in [-0.2, 0) is 0 Å². The van der Waals surface area contributed by atoms with E-state index in [-0.39, 0.29) is 5.69 Å². The number of nitrogens with zero attached hydrogens (tertiary/aromatic N) is 3. The van der Waals surface area contributed by atoms with E-state index in [4.69, 9.17) is 5.73 Å². The number of anilines is 2. The van der Waals surface area contributed by atoms with Crippen LogP contribution in [0, 0.1) is 5.95 Å². The van der Waals surface area contributed by atoms with E-state index in [9.17, 15) is 9.18 Å². The lowest BCUT2D eigenvalue weighted by atomic mass is 10.1. The lowest BCUT2D eigenvalue weighted by Gasteiger charge is -2.10. The molecule has 6 nitrogen and oxygen atoms in total. The van der Waals surface area contributed by atoms with Crippen LogP contribution in [0.1, 0.15) is 10.5 Å². The van der Waals surface area contributed by atoms with Gasteiger partial charge in [-0.25, -0.2) is 4.98 Å². The molecule has 1 aromatic carbocycles. The number of aromatic nitrogens is 3. The molecule has 2 heterocycles. The standard InChI is InChI=1S/C16H12FN5O/c17-15-6-4-11(9-19-15)10-3-5-12(18)14(8-10)21-16(23)13-2-1-7-20-22-13/h1-9H,18H2,(H,21,23). The van der Waals surface area contributed by atoms with Crippen molar-refractivity contribution in [2.75, 3.05) is 11.1 Å². The molecule has 2 aromatic heterocycles. The fourth-order valence-corrected chi connectivity index (χ4v) is 2.00. The third-order valence-electron chi connectivity index (χ3n) is 3.17. The second kappa shape index (κ2) is 6.18. The van der Waals surface area contributed by atoms with Crippen molar-refractivity contribution in [1.82, 2.24) is 15.2 Å². The molecule has 3 N–H and O–H groups in total. The van der Waals surface area contributed by atoms with Crippen molar-refractivity contribution in [2.45, 2.75) is 0 Å². The summed E-state index contributed by atoms with van der Waals surface area (Å²) in [5.41, 5.74) is 8.37. The van der Waals surface area contributed by atoms with Crippen LogP contribution in [0.2, 0.25) is 0 Å². The van der Waals surface area contributed by atoms with Crippen molar-refractivity contribution in [2.24, 2.45) is 0 Å². The van der Waals surface area contributed by atoms with E-state index in [1.54, 1.807) is 36.4 Å². The molecule has 0 saturated carbocycles. The van der Waals surface area contributed by atoms with Gasteiger partial charge in [0, 0.05) is 18.0 Å². The van der Waals surface area contributed by atoms with Gasteiger partial charge in [-0.05, 0) is 42.0 Å². The lowest BCUT2D eigenvalue weighted by molar-refractivity contribution is 0.102. The number of hydrogen-bond donors (Lipinski definition) is 2. The SMILES string of the molecule is Nc1ccc(-c2ccc(F)nc2)cc1NC(=O)c1cccnn1. The summed E-state index contributed by atoms with van der Waals surface area (Å²) in [5.74, 6) is -0.973. The summed E-state index contributed by atoms with van der Waals surface area (Å²) in [4.78, 5) is 15.7. The van der Waals surface area contributed by atoms with Crippen LogP contribution < -0.4 is 11.1 Å². The summed E-state index contributed by atoms with van der Waals surface area (Å²) in [6.45, 7) is 0. The van der Waals surface area contributed by atoms with Crippen LogP contribution >= 0.6 is 0 Å². The second-order valence-corrected chi connectivity index (χ2v) is 4.73. The molecular formula is C16H12FN5O. The number of carbonyl (C=O) groups is 1. The monoisotopic (exact) mass is 309 g/mol. The summed E-state index contributed by atoms with van der Waals surface area (Å²) in [6.07, 6.45) is 2.89. The molecule has 3 aromatic rings. The van der Waals surface area contributed by atoms with E-state index in [1.807, 2.05) is 0 Å². The van der Waals surface area contributed by atoms with Crippen LogP contribution in [-0.4, -0.2) is 21.1 Å². The molecule has 3 rings (SSSR count). The molecule has 0 saturated heterocycles. The lowest BCUT2D eigenvalue weighted by Crippen LogP contribution is -2.15. The maximum absolute atomic E-state index is 12.9. The van der Waals surface area contributed by atoms with Crippen LogP contribution in [0.5, 0.6) is 0 Å². The molecule has 7 heteroatoms. The van der Waals surface area contributed by atoms with Gasteiger partial charge in [-0.3, -0.25) is 4.79 Å². The molecule has 0 bridgehead atoms. The molecule has 0 spiro atoms. The molecule has 0 aliphatic heterocycles. The number of benzene rings is 1. The maximum Gasteiger partial charge on any atom is 0.276 e. The third kappa shape index (κ3) is 3.29. The van der Waals surface area contributed by atoms with Gasteiger partial charge >= 0.3 is 0 Å². The summed E-state index contributed by atoms with van der Waals surface area (Å²) in [6, 6.07) is 11.1. The number of nitrogen functional groups attached to an aromatic ring is 1. The first-order chi connectivity index (χ1) is 11.1. The Bertz CT molecular complexity index is 837. The van der Waals surface area contributed by atoms with Crippen molar-refractivity contribution in [3.8, 4) is 11.1 Å². The van der Waals surface area contributed by atoms with Gasteiger partial charge in [0.25, 0.3) is 5.91 Å². The van der Waals surface area contributed by atoms with Gasteiger partial charge < -0.3 is 11.1 Å². The van der Waals surface area contributed by atoms with Crippen LogP contribution in [0.4, 0.5) is 15.8 Å². The zero-order chi connectivity index (χ0) is 16.2. The molecule has 0 fully saturated rings. The highest BCUT2D eigenvalue weighted by Crippen LogP contribution is 2.27. The van der Waals surface area contributed by atoms with E-state index in [0.29, 0.717) is 16.9 Å². The summed E-state index contributed by atoms with van der Waals surface area (Å²) in [5, 5.41) is 10.1. The predicted octanol–water partition coefficient (Wildman–Crippen LogP) is 2.51. The Kier molecular flexibility index (Phi) is 3.92. The van der Waals surface area contributed by atoms with E-state index in [2.05, 4.69) is 20.5 Å². The Morgan fingerprint density at radius 1 is 1.13 bits per heavy atom. The number of pyridine rings is 1. The Hall–Kier alpha value is -3.35. The van der Waals surface area contributed by atoms with Crippen molar-refractivity contribution >= 4 is 17.3 Å². The molecule has 0 aliphatic carbocycles. The van der Waals surface area contributed by atoms with Crippen molar-refractivity contribution in [1.29, 1.82) is 0 Å². The Morgan fingerprint density at radius 3 is 2.65 bits per heavy atom. The largest absolute Gasteiger partial charge is 0.397 e. The molecule has 0 atom stereocenters. The Balaban J connectivity index is 1.89. The van der Waals surface area contributed by atoms with E-state index >= 15 is 0 Å². The molecule has 114 valence electrons. The van der Waals surface area contributed by atoms with Crippen molar-refractivity contribution in [3.63, 3.8) is 0 Å². The fourth-order valence-electron chi connectivity index (χ4n) is 2.00. The first-order valence-corrected chi connectivity index (χ1v) is 6.74. The predicted molar refractivity (Wildman–Crippen MR) is 84.0 cm³/mol. The Morgan fingerprint density at radius 2 is 1.96 bits per heavy atom. The van der Waals surface area contributed by atoms with Crippen LogP contribution in [0.3, 0.4) is 0 Å². The van der Waals surface area contributed by atoms with Gasteiger partial charge in [0.05, 0.1) is 11.4 Å². The van der Waals surface area contributed by atoms with Crippen molar-refractivity contribution in [3.05, 3.63) is 66.5 Å².